The minimum atomic E-state index is -0.972. The van der Waals surface area contributed by atoms with Crippen LogP contribution in [0.25, 0.3) is 17.2 Å². The molecule has 55 heavy (non-hydrogen) atoms. The minimum Gasteiger partial charge on any atom is -0.496 e. The second-order valence-corrected chi connectivity index (χ2v) is 12.8. The van der Waals surface area contributed by atoms with Crippen LogP contribution in [0.3, 0.4) is 0 Å². The minimum absolute atomic E-state index is 0.00928. The van der Waals surface area contributed by atoms with E-state index in [0.29, 0.717) is 35.0 Å². The van der Waals surface area contributed by atoms with E-state index in [0.717, 1.165) is 38.5 Å². The molecule has 0 bridgehead atoms. The second-order valence-electron chi connectivity index (χ2n) is 12.8. The average molecular weight is 754 g/mol. The van der Waals surface area contributed by atoms with Gasteiger partial charge >= 0.3 is 17.9 Å². The molecule has 4 aromatic rings. The first kappa shape index (κ1) is 39.7. The summed E-state index contributed by atoms with van der Waals surface area (Å²) < 4.78 is 26.0. The van der Waals surface area contributed by atoms with Gasteiger partial charge in [-0.2, -0.15) is 0 Å². The largest absolute Gasteiger partial charge is 0.519 e. The van der Waals surface area contributed by atoms with Gasteiger partial charge in [-0.05, 0) is 80.6 Å². The Kier molecular flexibility index (Phi) is 13.3. The number of ether oxygens (including phenoxy) is 3. The molecule has 288 valence electrons. The molecule has 15 nitrogen and oxygen atoms in total. The van der Waals surface area contributed by atoms with E-state index in [1.165, 1.54) is 38.3 Å². The van der Waals surface area contributed by atoms with Crippen molar-refractivity contribution in [2.75, 3.05) is 25.6 Å². The number of amides is 3. The van der Waals surface area contributed by atoms with Gasteiger partial charge in [0.1, 0.15) is 17.3 Å². The van der Waals surface area contributed by atoms with E-state index in [-0.39, 0.29) is 52.0 Å². The predicted octanol–water partition coefficient (Wildman–Crippen LogP) is 6.64. The SMILES string of the molecule is C=Cc1cc(C(=O)Nc2ccc(C(=N)NC(=O)OCCCCCC)cc2)c(-c2ccc(C(=O)NCC3CC3)nc2C(=O)OCc2oc(=O)oc2C)cc1OC. The summed E-state index contributed by atoms with van der Waals surface area (Å²) in [5.74, 6) is -2.35. The Bertz CT molecular complexity index is 2130. The van der Waals surface area contributed by atoms with Crippen LogP contribution in [0, 0.1) is 18.3 Å². The fourth-order valence-electron chi connectivity index (χ4n) is 5.48. The number of amidine groups is 1. The van der Waals surface area contributed by atoms with Gasteiger partial charge in [-0.25, -0.2) is 19.4 Å². The number of aromatic nitrogens is 1. The molecule has 0 unspecified atom stereocenters. The molecule has 4 N–H and O–H groups in total. The van der Waals surface area contributed by atoms with Crippen LogP contribution >= 0.6 is 0 Å². The normalized spacial score (nSPS) is 12.0. The first-order valence-electron chi connectivity index (χ1n) is 17.9. The molecular weight excluding hydrogens is 710 g/mol. The standard InChI is InChI=1S/C40H43N5O10/c1-5-7-8-9-18-52-39(49)45-35(41)26-12-14-27(15-13-26)43-36(46)30-19-25(6-2)32(51-4)20-29(30)28-16-17-31(37(47)42-21-24-10-11-24)44-34(28)38(48)53-22-33-23(3)54-40(50)55-33/h6,12-17,19-20,24H,2,5,7-11,18,21-22H2,1,3-4H3,(H,42,47)(H,43,46)(H2,41,45,49). The predicted molar refractivity (Wildman–Crippen MR) is 202 cm³/mol. The molecule has 2 heterocycles. The van der Waals surface area contributed by atoms with Gasteiger partial charge in [-0.3, -0.25) is 20.3 Å². The lowest BCUT2D eigenvalue weighted by atomic mass is 9.94. The van der Waals surface area contributed by atoms with Crippen LogP contribution in [0.1, 0.15) is 99.4 Å². The van der Waals surface area contributed by atoms with Crippen LogP contribution in [0.2, 0.25) is 0 Å². The highest BCUT2D eigenvalue weighted by Crippen LogP contribution is 2.35. The van der Waals surface area contributed by atoms with E-state index in [9.17, 15) is 24.0 Å². The third-order valence-corrected chi connectivity index (χ3v) is 8.75. The number of nitrogens with zero attached hydrogens (tertiary/aromatic N) is 1. The molecule has 1 aliphatic rings. The molecule has 0 saturated heterocycles. The first-order valence-corrected chi connectivity index (χ1v) is 17.9. The fraction of sp³-hybridized carbons (Fsp3) is 0.325. The summed E-state index contributed by atoms with van der Waals surface area (Å²) in [5.41, 5.74) is 1.31. The third-order valence-electron chi connectivity index (χ3n) is 8.75. The van der Waals surface area contributed by atoms with Gasteiger partial charge in [0.05, 0.1) is 13.7 Å². The lowest BCUT2D eigenvalue weighted by molar-refractivity contribution is 0.0436. The number of aryl methyl sites for hydroxylation is 1. The van der Waals surface area contributed by atoms with Crippen molar-refractivity contribution in [1.29, 1.82) is 5.41 Å². The summed E-state index contributed by atoms with van der Waals surface area (Å²) in [7, 11) is 1.44. The molecule has 0 aliphatic heterocycles. The highest BCUT2D eigenvalue weighted by atomic mass is 16.6. The van der Waals surface area contributed by atoms with Gasteiger partial charge in [0, 0.05) is 40.0 Å². The van der Waals surface area contributed by atoms with Gasteiger partial charge in [-0.15, -0.1) is 0 Å². The molecule has 2 aromatic carbocycles. The Morgan fingerprint density at radius 1 is 0.982 bits per heavy atom. The Hall–Kier alpha value is -6.51. The van der Waals surface area contributed by atoms with Gasteiger partial charge in [0.15, 0.2) is 23.8 Å². The van der Waals surface area contributed by atoms with E-state index in [1.54, 1.807) is 30.3 Å². The summed E-state index contributed by atoms with van der Waals surface area (Å²) in [4.78, 5) is 68.9. The Balaban J connectivity index is 1.42. The number of carbonyl (C=O) groups excluding carboxylic acids is 4. The van der Waals surface area contributed by atoms with Crippen molar-refractivity contribution < 1.29 is 42.2 Å². The lowest BCUT2D eigenvalue weighted by Crippen LogP contribution is -2.31. The van der Waals surface area contributed by atoms with Crippen molar-refractivity contribution >= 4 is 41.5 Å². The maximum atomic E-state index is 14.0. The zero-order valence-corrected chi connectivity index (χ0v) is 30.9. The number of hydrogen-bond donors (Lipinski definition) is 4. The number of pyridine rings is 1. The molecule has 1 fully saturated rings. The van der Waals surface area contributed by atoms with E-state index in [4.69, 9.17) is 28.5 Å². The zero-order chi connectivity index (χ0) is 39.5. The molecule has 15 heteroatoms. The number of unbranched alkanes of at least 4 members (excludes halogenated alkanes) is 3. The molecule has 1 aliphatic carbocycles. The van der Waals surface area contributed by atoms with Gasteiger partial charge in [0.25, 0.3) is 11.8 Å². The number of nitrogens with one attached hydrogen (secondary N) is 4. The van der Waals surface area contributed by atoms with Crippen molar-refractivity contribution in [3.63, 3.8) is 0 Å². The maximum Gasteiger partial charge on any atom is 0.519 e. The van der Waals surface area contributed by atoms with E-state index < -0.39 is 36.3 Å². The molecule has 2 aromatic heterocycles. The summed E-state index contributed by atoms with van der Waals surface area (Å²) in [5, 5.41) is 16.3. The Morgan fingerprint density at radius 3 is 2.40 bits per heavy atom. The van der Waals surface area contributed by atoms with Crippen LogP contribution < -0.4 is 26.5 Å². The number of alkyl carbamates (subject to hydrolysis) is 1. The maximum absolute atomic E-state index is 14.0. The zero-order valence-electron chi connectivity index (χ0n) is 30.9. The fourth-order valence-corrected chi connectivity index (χ4v) is 5.48. The number of benzene rings is 2. The number of anilines is 1. The topological polar surface area (TPSA) is 212 Å². The van der Waals surface area contributed by atoms with Crippen LogP contribution in [0.15, 0.2) is 68.7 Å². The Labute approximate surface area is 317 Å². The second kappa shape index (κ2) is 18.5. The molecule has 3 amide bonds. The summed E-state index contributed by atoms with van der Waals surface area (Å²) >= 11 is 0. The molecule has 0 radical (unpaired) electrons. The summed E-state index contributed by atoms with van der Waals surface area (Å²) in [6.45, 7) is 7.66. The number of hydrogen-bond acceptors (Lipinski definition) is 12. The molecular formula is C40H43N5O10. The van der Waals surface area contributed by atoms with Gasteiger partial charge < -0.3 is 33.7 Å². The number of esters is 1. The molecule has 0 spiro atoms. The van der Waals surface area contributed by atoms with E-state index in [2.05, 4.69) is 34.4 Å². The highest BCUT2D eigenvalue weighted by Gasteiger charge is 2.27. The molecule has 1 saturated carbocycles. The van der Waals surface area contributed by atoms with E-state index >= 15 is 0 Å². The highest BCUT2D eigenvalue weighted by molar-refractivity contribution is 6.11. The quantitative estimate of drug-likeness (QED) is 0.0389. The average Bonchev–Trinajstić information content (AvgIpc) is 3.96. The van der Waals surface area contributed by atoms with Crippen molar-refractivity contribution in [3.05, 3.63) is 105 Å². The number of methoxy groups -OCH3 is 1. The van der Waals surface area contributed by atoms with Crippen molar-refractivity contribution in [2.24, 2.45) is 5.92 Å². The summed E-state index contributed by atoms with van der Waals surface area (Å²) in [6.07, 6.45) is 6.61. The Morgan fingerprint density at radius 2 is 1.75 bits per heavy atom. The first-order chi connectivity index (χ1) is 26.5. The van der Waals surface area contributed by atoms with Gasteiger partial charge in [-0.1, -0.05) is 38.8 Å². The van der Waals surface area contributed by atoms with Crippen LogP contribution in [0.4, 0.5) is 10.5 Å². The van der Waals surface area contributed by atoms with E-state index in [1.807, 2.05) is 0 Å². The van der Waals surface area contributed by atoms with Crippen LogP contribution in [-0.2, 0) is 16.1 Å². The number of rotatable bonds is 17. The van der Waals surface area contributed by atoms with Crippen molar-refractivity contribution in [3.8, 4) is 16.9 Å². The molecule has 0 atom stereocenters. The summed E-state index contributed by atoms with van der Waals surface area (Å²) in [6, 6.07) is 12.2. The third kappa shape index (κ3) is 10.6. The number of carbonyl (C=O) groups is 4. The smallest absolute Gasteiger partial charge is 0.496 e. The van der Waals surface area contributed by atoms with Crippen molar-refractivity contribution in [1.82, 2.24) is 15.6 Å². The lowest BCUT2D eigenvalue weighted by Gasteiger charge is -2.17. The molecule has 5 rings (SSSR count). The van der Waals surface area contributed by atoms with Crippen molar-refractivity contribution in [2.45, 2.75) is 59.0 Å². The van der Waals surface area contributed by atoms with Gasteiger partial charge in [0.2, 0.25) is 0 Å². The monoisotopic (exact) mass is 753 g/mol. The van der Waals surface area contributed by atoms with Crippen LogP contribution in [0.5, 0.6) is 5.75 Å². The van der Waals surface area contributed by atoms with Crippen LogP contribution in [-0.4, -0.2) is 55.0 Å².